The summed E-state index contributed by atoms with van der Waals surface area (Å²) in [6.07, 6.45) is 7.02. The predicted molar refractivity (Wildman–Crippen MR) is 64.2 cm³/mol. The van der Waals surface area contributed by atoms with Gasteiger partial charge >= 0.3 is 0 Å². The largest absolute Gasteiger partial charge is 0.497 e. The predicted octanol–water partition coefficient (Wildman–Crippen LogP) is 2.74. The van der Waals surface area contributed by atoms with Gasteiger partial charge in [0.2, 0.25) is 0 Å². The van der Waals surface area contributed by atoms with Crippen LogP contribution in [0.4, 0.5) is 0 Å². The van der Waals surface area contributed by atoms with Gasteiger partial charge < -0.3 is 4.74 Å². The summed E-state index contributed by atoms with van der Waals surface area (Å²) in [4.78, 5) is 4.15. The molecule has 0 saturated heterocycles. The molecule has 0 spiro atoms. The minimum Gasteiger partial charge on any atom is -0.497 e. The summed E-state index contributed by atoms with van der Waals surface area (Å²) >= 11 is 0. The molecule has 16 heavy (non-hydrogen) atoms. The Hall–Kier alpha value is -2.27. The summed E-state index contributed by atoms with van der Waals surface area (Å²) in [5.74, 6) is 3.34. The molecule has 0 fully saturated rings. The Morgan fingerprint density at radius 3 is 2.25 bits per heavy atom. The van der Waals surface area contributed by atoms with Crippen molar-refractivity contribution in [3.63, 3.8) is 0 Å². The van der Waals surface area contributed by atoms with E-state index < -0.39 is 0 Å². The van der Waals surface area contributed by atoms with Crippen molar-refractivity contribution < 1.29 is 4.74 Å². The molecular weight excluding hydrogens is 198 g/mol. The number of terminal acetylenes is 1. The fourth-order valence-electron chi connectivity index (χ4n) is 1.43. The number of nitrogens with zero attached hydrogens (tertiary/aromatic N) is 1. The molecule has 2 aromatic rings. The Bertz CT molecular complexity index is 506. The van der Waals surface area contributed by atoms with E-state index in [0.717, 1.165) is 16.9 Å². The van der Waals surface area contributed by atoms with Gasteiger partial charge in [-0.3, -0.25) is 0 Å². The molecule has 2 rings (SSSR count). The quantitative estimate of drug-likeness (QED) is 0.709. The van der Waals surface area contributed by atoms with Crippen LogP contribution in [0.2, 0.25) is 0 Å². The summed E-state index contributed by atoms with van der Waals surface area (Å²) in [5.41, 5.74) is 2.79. The number of rotatable bonds is 2. The maximum atomic E-state index is 5.25. The number of hydrogen-bond donors (Lipinski definition) is 0. The van der Waals surface area contributed by atoms with Crippen molar-refractivity contribution in [2.45, 2.75) is 0 Å². The third-order valence-electron chi connectivity index (χ3n) is 2.33. The van der Waals surface area contributed by atoms with Crippen LogP contribution in [0.1, 0.15) is 5.69 Å². The maximum absolute atomic E-state index is 5.25. The Kier molecular flexibility index (Phi) is 2.88. The van der Waals surface area contributed by atoms with Gasteiger partial charge in [0.05, 0.1) is 7.11 Å². The van der Waals surface area contributed by atoms with Crippen LogP contribution in [-0.4, -0.2) is 12.1 Å². The van der Waals surface area contributed by atoms with Crippen molar-refractivity contribution in [3.05, 3.63) is 48.3 Å². The second kappa shape index (κ2) is 4.50. The van der Waals surface area contributed by atoms with Crippen molar-refractivity contribution in [2.75, 3.05) is 7.11 Å². The third-order valence-corrected chi connectivity index (χ3v) is 2.33. The summed E-state index contributed by atoms with van der Waals surface area (Å²) in [7, 11) is 1.65. The second-order valence-electron chi connectivity index (χ2n) is 3.30. The van der Waals surface area contributed by atoms with Crippen LogP contribution in [0.25, 0.3) is 11.1 Å². The van der Waals surface area contributed by atoms with E-state index in [0.29, 0.717) is 5.69 Å². The summed E-state index contributed by atoms with van der Waals surface area (Å²) in [6, 6.07) is 11.6. The van der Waals surface area contributed by atoms with Crippen LogP contribution in [-0.2, 0) is 0 Å². The highest BCUT2D eigenvalue weighted by Gasteiger charge is 1.98. The molecule has 1 aromatic carbocycles. The Morgan fingerprint density at radius 2 is 1.75 bits per heavy atom. The normalized spacial score (nSPS) is 9.50. The number of pyridine rings is 1. The van der Waals surface area contributed by atoms with Crippen molar-refractivity contribution in [3.8, 4) is 29.2 Å². The van der Waals surface area contributed by atoms with Gasteiger partial charge in [0.25, 0.3) is 0 Å². The molecule has 0 unspecified atom stereocenters. The average Bonchev–Trinajstić information content (AvgIpc) is 2.39. The molecule has 0 saturated carbocycles. The molecule has 0 aliphatic carbocycles. The summed E-state index contributed by atoms with van der Waals surface area (Å²) < 4.78 is 5.10. The van der Waals surface area contributed by atoms with E-state index in [1.807, 2.05) is 36.4 Å². The second-order valence-corrected chi connectivity index (χ2v) is 3.30. The van der Waals surface area contributed by atoms with Gasteiger partial charge in [0, 0.05) is 11.8 Å². The van der Waals surface area contributed by atoms with E-state index in [-0.39, 0.29) is 0 Å². The minimum absolute atomic E-state index is 0.650. The van der Waals surface area contributed by atoms with Crippen molar-refractivity contribution in [1.29, 1.82) is 0 Å². The Morgan fingerprint density at radius 1 is 1.06 bits per heavy atom. The first-order chi connectivity index (χ1) is 7.83. The Labute approximate surface area is 94.9 Å². The first-order valence-electron chi connectivity index (χ1n) is 4.90. The highest BCUT2D eigenvalue weighted by atomic mass is 16.5. The standard InChI is InChI=1S/C14H11NO/c1-3-13-7-4-12(10-15-13)11-5-8-14(16-2)9-6-11/h1,4-10H,2H3. The highest BCUT2D eigenvalue weighted by molar-refractivity contribution is 5.63. The topological polar surface area (TPSA) is 22.1 Å². The highest BCUT2D eigenvalue weighted by Crippen LogP contribution is 2.21. The van der Waals surface area contributed by atoms with E-state index in [1.54, 1.807) is 13.3 Å². The summed E-state index contributed by atoms with van der Waals surface area (Å²) in [5, 5.41) is 0. The lowest BCUT2D eigenvalue weighted by molar-refractivity contribution is 0.415. The van der Waals surface area contributed by atoms with Gasteiger partial charge in [0.15, 0.2) is 0 Å². The van der Waals surface area contributed by atoms with Crippen LogP contribution in [0.15, 0.2) is 42.6 Å². The molecule has 0 aliphatic rings. The van der Waals surface area contributed by atoms with Crippen LogP contribution in [0.5, 0.6) is 5.75 Å². The first kappa shape index (κ1) is 10.3. The Balaban J connectivity index is 2.32. The molecule has 0 amide bonds. The third kappa shape index (κ3) is 2.04. The van der Waals surface area contributed by atoms with Crippen molar-refractivity contribution >= 4 is 0 Å². The van der Waals surface area contributed by atoms with Gasteiger partial charge in [-0.1, -0.05) is 24.1 Å². The lowest BCUT2D eigenvalue weighted by Gasteiger charge is -2.03. The van der Waals surface area contributed by atoms with E-state index >= 15 is 0 Å². The van der Waals surface area contributed by atoms with Crippen LogP contribution in [0.3, 0.4) is 0 Å². The molecule has 0 aliphatic heterocycles. The molecule has 0 N–H and O–H groups in total. The van der Waals surface area contributed by atoms with E-state index in [4.69, 9.17) is 11.2 Å². The first-order valence-corrected chi connectivity index (χ1v) is 4.90. The average molecular weight is 209 g/mol. The van der Waals surface area contributed by atoms with E-state index in [9.17, 15) is 0 Å². The molecule has 0 bridgehead atoms. The lowest BCUT2D eigenvalue weighted by Crippen LogP contribution is -1.85. The monoisotopic (exact) mass is 209 g/mol. The van der Waals surface area contributed by atoms with Gasteiger partial charge in [0.1, 0.15) is 11.4 Å². The SMILES string of the molecule is C#Cc1ccc(-c2ccc(OC)cc2)cn1. The number of hydrogen-bond acceptors (Lipinski definition) is 2. The van der Waals surface area contributed by atoms with E-state index in [2.05, 4.69) is 10.9 Å². The maximum Gasteiger partial charge on any atom is 0.118 e. The van der Waals surface area contributed by atoms with Gasteiger partial charge in [-0.05, 0) is 23.8 Å². The lowest BCUT2D eigenvalue weighted by atomic mass is 10.1. The molecule has 0 atom stereocenters. The number of methoxy groups -OCH3 is 1. The van der Waals surface area contributed by atoms with Gasteiger partial charge in [-0.15, -0.1) is 6.42 Å². The van der Waals surface area contributed by atoms with Gasteiger partial charge in [-0.25, -0.2) is 4.98 Å². The zero-order valence-corrected chi connectivity index (χ0v) is 8.97. The van der Waals surface area contributed by atoms with Crippen LogP contribution < -0.4 is 4.74 Å². The minimum atomic E-state index is 0.650. The molecular formula is C14H11NO. The smallest absolute Gasteiger partial charge is 0.118 e. The number of benzene rings is 1. The summed E-state index contributed by atoms with van der Waals surface area (Å²) in [6.45, 7) is 0. The van der Waals surface area contributed by atoms with Crippen molar-refractivity contribution in [1.82, 2.24) is 4.98 Å². The number of aromatic nitrogens is 1. The molecule has 2 nitrogen and oxygen atoms in total. The molecule has 78 valence electrons. The van der Waals surface area contributed by atoms with Crippen LogP contribution in [0, 0.1) is 12.3 Å². The van der Waals surface area contributed by atoms with Crippen LogP contribution >= 0.6 is 0 Å². The van der Waals surface area contributed by atoms with Crippen molar-refractivity contribution in [2.24, 2.45) is 0 Å². The fourth-order valence-corrected chi connectivity index (χ4v) is 1.43. The zero-order valence-electron chi connectivity index (χ0n) is 8.97. The number of ether oxygens (including phenoxy) is 1. The molecule has 1 heterocycles. The molecule has 2 heteroatoms. The fraction of sp³-hybridized carbons (Fsp3) is 0.0714. The van der Waals surface area contributed by atoms with E-state index in [1.165, 1.54) is 0 Å². The zero-order chi connectivity index (χ0) is 11.4. The molecule has 0 radical (unpaired) electrons. The molecule has 1 aromatic heterocycles. The van der Waals surface area contributed by atoms with Gasteiger partial charge in [-0.2, -0.15) is 0 Å².